The molecule has 36 heavy (non-hydrogen) atoms. The largest absolute Gasteiger partial charge is 0.381 e. The van der Waals surface area contributed by atoms with Crippen LogP contribution in [0.1, 0.15) is 74.6 Å². The third-order valence-electron chi connectivity index (χ3n) is 7.44. The molecule has 3 aromatic carbocycles. The third kappa shape index (κ3) is 5.99. The third-order valence-corrected chi connectivity index (χ3v) is 7.44. The minimum Gasteiger partial charge on any atom is -0.381 e. The Morgan fingerprint density at radius 1 is 0.833 bits per heavy atom. The average molecular weight is 485 g/mol. The van der Waals surface area contributed by atoms with E-state index in [1.54, 1.807) is 0 Å². The van der Waals surface area contributed by atoms with Gasteiger partial charge < -0.3 is 15.0 Å². The van der Waals surface area contributed by atoms with E-state index in [0.717, 1.165) is 24.1 Å². The van der Waals surface area contributed by atoms with Crippen LogP contribution in [0.25, 0.3) is 0 Å². The standard InChI is InChI=1S/C32H40N2O2/c1-24(2)28-16-11-17-29(25(3)4)30(28)33-31(35)34(22-26-12-7-5-8-13-26)23-32(18-20-36-21-19-32)27-14-9-6-10-15-27/h5-17,24-25H,18-23H2,1-4H3,(H,33,35). The molecule has 1 aliphatic rings. The summed E-state index contributed by atoms with van der Waals surface area (Å²) in [6.07, 6.45) is 1.80. The second-order valence-corrected chi connectivity index (χ2v) is 10.7. The molecule has 0 radical (unpaired) electrons. The second-order valence-electron chi connectivity index (χ2n) is 10.7. The Labute approximate surface area is 216 Å². The highest BCUT2D eigenvalue weighted by molar-refractivity contribution is 5.91. The molecule has 1 heterocycles. The molecule has 0 aromatic heterocycles. The van der Waals surface area contributed by atoms with Crippen molar-refractivity contribution in [2.24, 2.45) is 0 Å². The smallest absolute Gasteiger partial charge is 0.322 e. The summed E-state index contributed by atoms with van der Waals surface area (Å²) in [4.78, 5) is 16.1. The number of carbonyl (C=O) groups excluding carboxylic acids is 1. The van der Waals surface area contributed by atoms with Gasteiger partial charge in [0.25, 0.3) is 0 Å². The van der Waals surface area contributed by atoms with Gasteiger partial charge in [-0.2, -0.15) is 0 Å². The van der Waals surface area contributed by atoms with Gasteiger partial charge in [0.1, 0.15) is 0 Å². The lowest BCUT2D eigenvalue weighted by Gasteiger charge is -2.41. The number of rotatable bonds is 8. The molecule has 0 aliphatic carbocycles. The number of carbonyl (C=O) groups is 1. The zero-order valence-electron chi connectivity index (χ0n) is 22.2. The van der Waals surface area contributed by atoms with E-state index in [0.29, 0.717) is 38.1 Å². The van der Waals surface area contributed by atoms with E-state index < -0.39 is 0 Å². The average Bonchev–Trinajstić information content (AvgIpc) is 2.90. The van der Waals surface area contributed by atoms with Crippen molar-refractivity contribution >= 4 is 11.7 Å². The zero-order chi connectivity index (χ0) is 25.5. The lowest BCUT2D eigenvalue weighted by molar-refractivity contribution is 0.0384. The normalized spacial score (nSPS) is 15.2. The summed E-state index contributed by atoms with van der Waals surface area (Å²) in [6, 6.07) is 27.3. The van der Waals surface area contributed by atoms with Crippen molar-refractivity contribution in [3.63, 3.8) is 0 Å². The van der Waals surface area contributed by atoms with Crippen molar-refractivity contribution < 1.29 is 9.53 Å². The molecule has 4 nitrogen and oxygen atoms in total. The summed E-state index contributed by atoms with van der Waals surface area (Å²) in [7, 11) is 0. The van der Waals surface area contributed by atoms with Gasteiger partial charge in [-0.05, 0) is 46.9 Å². The quantitative estimate of drug-likeness (QED) is 0.356. The van der Waals surface area contributed by atoms with Crippen molar-refractivity contribution in [2.45, 2.75) is 64.3 Å². The van der Waals surface area contributed by atoms with Gasteiger partial charge >= 0.3 is 6.03 Å². The van der Waals surface area contributed by atoms with E-state index in [1.807, 2.05) is 23.1 Å². The molecule has 0 unspecified atom stereocenters. The lowest BCUT2D eigenvalue weighted by Crippen LogP contribution is -2.48. The van der Waals surface area contributed by atoms with Gasteiger partial charge in [-0.25, -0.2) is 4.79 Å². The van der Waals surface area contributed by atoms with Crippen LogP contribution in [0.15, 0.2) is 78.9 Å². The Morgan fingerprint density at radius 2 is 1.39 bits per heavy atom. The van der Waals surface area contributed by atoms with Gasteiger partial charge in [0.05, 0.1) is 0 Å². The van der Waals surface area contributed by atoms with Gasteiger partial charge in [0.15, 0.2) is 0 Å². The molecule has 1 N–H and O–H groups in total. The molecule has 3 aromatic rings. The highest BCUT2D eigenvalue weighted by Crippen LogP contribution is 2.37. The number of para-hydroxylation sites is 1. The first-order valence-corrected chi connectivity index (χ1v) is 13.3. The predicted octanol–water partition coefficient (Wildman–Crippen LogP) is 7.72. The number of ether oxygens (including phenoxy) is 1. The van der Waals surface area contributed by atoms with Crippen LogP contribution in [0.2, 0.25) is 0 Å². The fourth-order valence-electron chi connectivity index (χ4n) is 5.34. The van der Waals surface area contributed by atoms with Gasteiger partial charge in [-0.15, -0.1) is 0 Å². The summed E-state index contributed by atoms with van der Waals surface area (Å²) in [6.45, 7) is 11.4. The first-order chi connectivity index (χ1) is 17.4. The number of nitrogens with one attached hydrogen (secondary N) is 1. The summed E-state index contributed by atoms with van der Waals surface area (Å²) in [5, 5.41) is 3.38. The highest BCUT2D eigenvalue weighted by atomic mass is 16.5. The Kier molecular flexibility index (Phi) is 8.48. The maximum atomic E-state index is 14.1. The number of hydrogen-bond donors (Lipinski definition) is 1. The molecule has 4 heteroatoms. The number of amides is 2. The van der Waals surface area contributed by atoms with Crippen LogP contribution in [0.3, 0.4) is 0 Å². The molecule has 190 valence electrons. The number of nitrogens with zero attached hydrogens (tertiary/aromatic N) is 1. The van der Waals surface area contributed by atoms with Crippen LogP contribution in [0.4, 0.5) is 10.5 Å². The van der Waals surface area contributed by atoms with Crippen LogP contribution in [-0.4, -0.2) is 30.7 Å². The Bertz CT molecular complexity index is 1090. The lowest BCUT2D eigenvalue weighted by atomic mass is 9.73. The zero-order valence-corrected chi connectivity index (χ0v) is 22.2. The molecule has 1 saturated heterocycles. The van der Waals surface area contributed by atoms with E-state index >= 15 is 0 Å². The number of urea groups is 1. The van der Waals surface area contributed by atoms with Gasteiger partial charge in [0.2, 0.25) is 0 Å². The van der Waals surface area contributed by atoms with Crippen molar-refractivity contribution in [3.05, 3.63) is 101 Å². The number of anilines is 1. The summed E-state index contributed by atoms with van der Waals surface area (Å²) in [5.41, 5.74) is 5.60. The van der Waals surface area contributed by atoms with Crippen LogP contribution >= 0.6 is 0 Å². The van der Waals surface area contributed by atoms with Crippen LogP contribution < -0.4 is 5.32 Å². The number of benzene rings is 3. The highest BCUT2D eigenvalue weighted by Gasteiger charge is 2.37. The van der Waals surface area contributed by atoms with Gasteiger partial charge in [-0.3, -0.25) is 0 Å². The van der Waals surface area contributed by atoms with Crippen LogP contribution in [0.5, 0.6) is 0 Å². The SMILES string of the molecule is CC(C)c1cccc(C(C)C)c1NC(=O)N(Cc1ccccc1)CC1(c2ccccc2)CCOCC1. The summed E-state index contributed by atoms with van der Waals surface area (Å²) >= 11 is 0. The van der Waals surface area contributed by atoms with E-state index in [4.69, 9.17) is 4.74 Å². The fraction of sp³-hybridized carbons (Fsp3) is 0.406. The molecule has 0 atom stereocenters. The molecule has 2 amide bonds. The fourth-order valence-corrected chi connectivity index (χ4v) is 5.34. The van der Waals surface area contributed by atoms with Crippen molar-refractivity contribution in [1.29, 1.82) is 0 Å². The Morgan fingerprint density at radius 3 is 1.94 bits per heavy atom. The maximum Gasteiger partial charge on any atom is 0.322 e. The summed E-state index contributed by atoms with van der Waals surface area (Å²) in [5.74, 6) is 0.625. The molecule has 0 spiro atoms. The molecule has 1 fully saturated rings. The molecule has 0 bridgehead atoms. The first-order valence-electron chi connectivity index (χ1n) is 13.3. The molecular weight excluding hydrogens is 444 g/mol. The first kappa shape index (κ1) is 26.0. The minimum atomic E-state index is -0.135. The summed E-state index contributed by atoms with van der Waals surface area (Å²) < 4.78 is 5.77. The predicted molar refractivity (Wildman–Crippen MR) is 149 cm³/mol. The van der Waals surface area contributed by atoms with Gasteiger partial charge in [0, 0.05) is 37.4 Å². The van der Waals surface area contributed by atoms with E-state index in [-0.39, 0.29) is 11.4 Å². The number of hydrogen-bond acceptors (Lipinski definition) is 2. The van der Waals surface area contributed by atoms with Gasteiger partial charge in [-0.1, -0.05) is 107 Å². The molecule has 4 rings (SSSR count). The Hall–Kier alpha value is -3.11. The second kappa shape index (κ2) is 11.7. The molecule has 0 saturated carbocycles. The Balaban J connectivity index is 1.71. The van der Waals surface area contributed by atoms with E-state index in [2.05, 4.69) is 93.7 Å². The van der Waals surface area contributed by atoms with Crippen LogP contribution in [-0.2, 0) is 16.7 Å². The topological polar surface area (TPSA) is 41.6 Å². The molecular formula is C32H40N2O2. The van der Waals surface area contributed by atoms with Crippen molar-refractivity contribution in [3.8, 4) is 0 Å². The monoisotopic (exact) mass is 484 g/mol. The van der Waals surface area contributed by atoms with Crippen LogP contribution in [0, 0.1) is 0 Å². The van der Waals surface area contributed by atoms with E-state index in [1.165, 1.54) is 16.7 Å². The van der Waals surface area contributed by atoms with Crippen molar-refractivity contribution in [1.82, 2.24) is 4.90 Å². The van der Waals surface area contributed by atoms with Crippen molar-refractivity contribution in [2.75, 3.05) is 25.1 Å². The maximum absolute atomic E-state index is 14.1. The minimum absolute atomic E-state index is 0.0457. The van der Waals surface area contributed by atoms with E-state index in [9.17, 15) is 4.79 Å². The molecule has 1 aliphatic heterocycles.